The number of carbonyl (C=O) groups excluding carboxylic acids is 1. The molecule has 0 saturated carbocycles. The Hall–Kier alpha value is -1.62. The first kappa shape index (κ1) is 15.8. The Labute approximate surface area is 125 Å². The van der Waals surface area contributed by atoms with Crippen molar-refractivity contribution in [2.24, 2.45) is 5.73 Å². The molecular weight excluding hydrogens is 271 g/mol. The molecule has 0 aliphatic carbocycles. The zero-order chi connectivity index (χ0) is 15.2. The largest absolute Gasteiger partial charge is 0.493 e. The van der Waals surface area contributed by atoms with Gasteiger partial charge in [-0.25, -0.2) is 4.39 Å². The first-order valence-corrected chi connectivity index (χ1v) is 7.49. The fourth-order valence-corrected chi connectivity index (χ4v) is 2.69. The SMILES string of the molecule is C[C@H]1C[C@H](N)CCN1C(=O)CCCOc1cccc(F)c1. The summed E-state index contributed by atoms with van der Waals surface area (Å²) in [6.45, 7) is 3.20. The smallest absolute Gasteiger partial charge is 0.222 e. The molecule has 2 atom stereocenters. The van der Waals surface area contributed by atoms with Gasteiger partial charge in [-0.1, -0.05) is 6.07 Å². The normalized spacial score (nSPS) is 22.1. The second-order valence-electron chi connectivity index (χ2n) is 5.63. The van der Waals surface area contributed by atoms with E-state index < -0.39 is 0 Å². The Balaban J connectivity index is 1.70. The molecule has 1 amide bonds. The Bertz CT molecular complexity index is 481. The standard InChI is InChI=1S/C16H23FN2O2/c1-12-10-14(18)7-8-19(12)16(20)6-3-9-21-15-5-2-4-13(17)11-15/h2,4-5,11-12,14H,3,6-10,18H2,1H3/t12-,14+/m0/s1. The molecule has 4 nitrogen and oxygen atoms in total. The number of piperidine rings is 1. The van der Waals surface area contributed by atoms with E-state index in [1.807, 2.05) is 11.8 Å². The van der Waals surface area contributed by atoms with Crippen LogP contribution in [0.4, 0.5) is 4.39 Å². The van der Waals surface area contributed by atoms with Crippen LogP contribution in [0.15, 0.2) is 24.3 Å². The van der Waals surface area contributed by atoms with E-state index in [1.165, 1.54) is 12.1 Å². The molecule has 116 valence electrons. The maximum atomic E-state index is 13.0. The van der Waals surface area contributed by atoms with Crippen LogP contribution < -0.4 is 10.5 Å². The summed E-state index contributed by atoms with van der Waals surface area (Å²) >= 11 is 0. The number of rotatable bonds is 5. The molecule has 1 fully saturated rings. The lowest BCUT2D eigenvalue weighted by molar-refractivity contribution is -0.134. The molecule has 0 bridgehead atoms. The molecule has 2 rings (SSSR count). The molecule has 21 heavy (non-hydrogen) atoms. The minimum atomic E-state index is -0.318. The minimum absolute atomic E-state index is 0.150. The average molecular weight is 294 g/mol. The van der Waals surface area contributed by atoms with E-state index in [2.05, 4.69) is 0 Å². The third-order valence-electron chi connectivity index (χ3n) is 3.84. The van der Waals surface area contributed by atoms with Gasteiger partial charge in [0.05, 0.1) is 6.61 Å². The topological polar surface area (TPSA) is 55.6 Å². The highest BCUT2D eigenvalue weighted by molar-refractivity contribution is 5.76. The molecule has 0 radical (unpaired) electrons. The number of nitrogens with two attached hydrogens (primary N) is 1. The van der Waals surface area contributed by atoms with Crippen molar-refractivity contribution in [3.8, 4) is 5.75 Å². The van der Waals surface area contributed by atoms with Crippen LogP contribution >= 0.6 is 0 Å². The van der Waals surface area contributed by atoms with E-state index in [1.54, 1.807) is 12.1 Å². The Morgan fingerprint density at radius 3 is 3.05 bits per heavy atom. The van der Waals surface area contributed by atoms with Crippen LogP contribution in [0.5, 0.6) is 5.75 Å². The number of likely N-dealkylation sites (tertiary alicyclic amines) is 1. The Morgan fingerprint density at radius 2 is 2.33 bits per heavy atom. The highest BCUT2D eigenvalue weighted by Crippen LogP contribution is 2.17. The van der Waals surface area contributed by atoms with Crippen LogP contribution in [0.2, 0.25) is 0 Å². The quantitative estimate of drug-likeness (QED) is 0.848. The van der Waals surface area contributed by atoms with Crippen molar-refractivity contribution < 1.29 is 13.9 Å². The first-order valence-electron chi connectivity index (χ1n) is 7.49. The predicted octanol–water partition coefficient (Wildman–Crippen LogP) is 2.32. The molecule has 5 heteroatoms. The lowest BCUT2D eigenvalue weighted by Gasteiger charge is -2.36. The number of carbonyl (C=O) groups is 1. The van der Waals surface area contributed by atoms with E-state index in [-0.39, 0.29) is 23.8 Å². The number of halogens is 1. The van der Waals surface area contributed by atoms with Gasteiger partial charge in [-0.2, -0.15) is 0 Å². The molecule has 2 N–H and O–H groups in total. The van der Waals surface area contributed by atoms with Gasteiger partial charge >= 0.3 is 0 Å². The van der Waals surface area contributed by atoms with Gasteiger partial charge in [-0.3, -0.25) is 4.79 Å². The lowest BCUT2D eigenvalue weighted by Crippen LogP contribution is -2.48. The fourth-order valence-electron chi connectivity index (χ4n) is 2.69. The van der Waals surface area contributed by atoms with Gasteiger partial charge in [0.1, 0.15) is 11.6 Å². The molecule has 1 aromatic carbocycles. The van der Waals surface area contributed by atoms with Gasteiger partial charge in [0, 0.05) is 31.1 Å². The summed E-state index contributed by atoms with van der Waals surface area (Å²) in [6.07, 6.45) is 2.82. The molecule has 0 spiro atoms. The van der Waals surface area contributed by atoms with E-state index in [0.29, 0.717) is 25.2 Å². The summed E-state index contributed by atoms with van der Waals surface area (Å²) in [5.74, 6) is 0.332. The summed E-state index contributed by atoms with van der Waals surface area (Å²) < 4.78 is 18.4. The van der Waals surface area contributed by atoms with Gasteiger partial charge in [0.25, 0.3) is 0 Å². The van der Waals surface area contributed by atoms with Crippen LogP contribution in [-0.2, 0) is 4.79 Å². The molecule has 1 heterocycles. The zero-order valence-electron chi connectivity index (χ0n) is 12.4. The number of nitrogens with zero attached hydrogens (tertiary/aromatic N) is 1. The molecule has 1 saturated heterocycles. The van der Waals surface area contributed by atoms with Gasteiger partial charge in [-0.05, 0) is 38.3 Å². The van der Waals surface area contributed by atoms with Crippen molar-refractivity contribution in [2.45, 2.75) is 44.7 Å². The van der Waals surface area contributed by atoms with Crippen LogP contribution in [0, 0.1) is 5.82 Å². The highest BCUT2D eigenvalue weighted by atomic mass is 19.1. The second-order valence-corrected chi connectivity index (χ2v) is 5.63. The maximum Gasteiger partial charge on any atom is 0.222 e. The second kappa shape index (κ2) is 7.41. The van der Waals surface area contributed by atoms with Crippen molar-refractivity contribution in [2.75, 3.05) is 13.2 Å². The van der Waals surface area contributed by atoms with E-state index >= 15 is 0 Å². The number of amides is 1. The van der Waals surface area contributed by atoms with E-state index in [4.69, 9.17) is 10.5 Å². The lowest BCUT2D eigenvalue weighted by atomic mass is 9.98. The molecular formula is C16H23FN2O2. The van der Waals surface area contributed by atoms with Gasteiger partial charge < -0.3 is 15.4 Å². The summed E-state index contributed by atoms with van der Waals surface area (Å²) in [7, 11) is 0. The Kier molecular flexibility index (Phi) is 5.56. The third kappa shape index (κ3) is 4.70. The van der Waals surface area contributed by atoms with Gasteiger partial charge in [0.15, 0.2) is 0 Å². The zero-order valence-corrected chi connectivity index (χ0v) is 12.4. The molecule has 0 aromatic heterocycles. The van der Waals surface area contributed by atoms with Crippen molar-refractivity contribution in [1.29, 1.82) is 0 Å². The van der Waals surface area contributed by atoms with Crippen LogP contribution in [0.25, 0.3) is 0 Å². The summed E-state index contributed by atoms with van der Waals surface area (Å²) in [5.41, 5.74) is 5.90. The molecule has 1 aliphatic heterocycles. The first-order chi connectivity index (χ1) is 10.1. The van der Waals surface area contributed by atoms with Crippen LogP contribution in [-0.4, -0.2) is 36.0 Å². The third-order valence-corrected chi connectivity index (χ3v) is 3.84. The molecule has 0 unspecified atom stereocenters. The number of hydrogen-bond donors (Lipinski definition) is 1. The number of hydrogen-bond acceptors (Lipinski definition) is 3. The summed E-state index contributed by atoms with van der Waals surface area (Å²) in [4.78, 5) is 14.1. The highest BCUT2D eigenvalue weighted by Gasteiger charge is 2.26. The predicted molar refractivity (Wildman–Crippen MR) is 79.5 cm³/mol. The van der Waals surface area contributed by atoms with Crippen molar-refractivity contribution in [3.63, 3.8) is 0 Å². The van der Waals surface area contributed by atoms with Gasteiger partial charge in [0.2, 0.25) is 5.91 Å². The molecule has 1 aliphatic rings. The van der Waals surface area contributed by atoms with Crippen molar-refractivity contribution in [1.82, 2.24) is 4.90 Å². The van der Waals surface area contributed by atoms with Crippen LogP contribution in [0.1, 0.15) is 32.6 Å². The summed E-state index contributed by atoms with van der Waals surface area (Å²) in [6, 6.07) is 6.45. The number of ether oxygens (including phenoxy) is 1. The average Bonchev–Trinajstić information content (AvgIpc) is 2.43. The monoisotopic (exact) mass is 294 g/mol. The molecule has 1 aromatic rings. The number of benzene rings is 1. The van der Waals surface area contributed by atoms with Crippen LogP contribution in [0.3, 0.4) is 0 Å². The van der Waals surface area contributed by atoms with Gasteiger partial charge in [-0.15, -0.1) is 0 Å². The summed E-state index contributed by atoms with van der Waals surface area (Å²) in [5, 5.41) is 0. The van der Waals surface area contributed by atoms with E-state index in [9.17, 15) is 9.18 Å². The minimum Gasteiger partial charge on any atom is -0.493 e. The van der Waals surface area contributed by atoms with Crippen molar-refractivity contribution >= 4 is 5.91 Å². The fraction of sp³-hybridized carbons (Fsp3) is 0.562. The van der Waals surface area contributed by atoms with E-state index in [0.717, 1.165) is 19.4 Å². The maximum absolute atomic E-state index is 13.0. The van der Waals surface area contributed by atoms with Crippen molar-refractivity contribution in [3.05, 3.63) is 30.1 Å². The Morgan fingerprint density at radius 1 is 1.52 bits per heavy atom.